The Morgan fingerprint density at radius 1 is 1.07 bits per heavy atom. The van der Waals surface area contributed by atoms with Crippen LogP contribution in [0.25, 0.3) is 0 Å². The smallest absolute Gasteiger partial charge is 0.316 e. The molecule has 0 saturated carbocycles. The largest absolute Gasteiger partial charge is 0.504 e. The third-order valence-corrected chi connectivity index (χ3v) is 8.29. The Morgan fingerprint density at radius 2 is 1.77 bits per heavy atom. The fourth-order valence-corrected chi connectivity index (χ4v) is 5.74. The Balaban J connectivity index is 0.000000235. The number of piperidine rings is 1. The fourth-order valence-electron chi connectivity index (χ4n) is 5.74. The zero-order valence-corrected chi connectivity index (χ0v) is 26.2. The zero-order chi connectivity index (χ0) is 31.2. The standard InChI is InChI=1S/C18H27NO3.C17H23NO3/c1-14(2)8-6-4-5-7-9-18(21)19-13-15-10-11-16(20)17(12-15)22-3;1-18-13-7-8-14(18)10-15(9-13)21-17(20)16(11-19)12-5-3-2-4-6-12/h6,8,10-12,14,20H,4-5,7,9,13H2,1-3H3,(H,19,21);2-6,13-16,19H,7-11H2,1H3/b8-6+;/t;13-,14+,15?,16?. The molecule has 0 aromatic heterocycles. The molecule has 2 aliphatic rings. The minimum atomic E-state index is -0.566. The van der Waals surface area contributed by atoms with Crippen LogP contribution in [0, 0.1) is 5.92 Å². The lowest BCUT2D eigenvalue weighted by Gasteiger charge is -2.36. The molecule has 4 rings (SSSR count). The molecular weight excluding hydrogens is 544 g/mol. The molecule has 2 saturated heterocycles. The summed E-state index contributed by atoms with van der Waals surface area (Å²) in [4.78, 5) is 26.6. The van der Waals surface area contributed by atoms with E-state index in [4.69, 9.17) is 9.47 Å². The Bertz CT molecular complexity index is 1150. The van der Waals surface area contributed by atoms with E-state index in [9.17, 15) is 19.8 Å². The Labute approximate surface area is 257 Å². The predicted molar refractivity (Wildman–Crippen MR) is 169 cm³/mol. The third-order valence-electron chi connectivity index (χ3n) is 8.29. The summed E-state index contributed by atoms with van der Waals surface area (Å²) in [6.07, 6.45) is 12.1. The molecule has 2 heterocycles. The van der Waals surface area contributed by atoms with E-state index in [2.05, 4.69) is 43.3 Å². The van der Waals surface area contributed by atoms with Gasteiger partial charge in [-0.3, -0.25) is 9.59 Å². The third kappa shape index (κ3) is 11.0. The first-order chi connectivity index (χ1) is 20.7. The van der Waals surface area contributed by atoms with Gasteiger partial charge in [-0.05, 0) is 81.2 Å². The van der Waals surface area contributed by atoms with Crippen LogP contribution in [0.15, 0.2) is 60.7 Å². The lowest BCUT2D eigenvalue weighted by atomic mass is 9.98. The van der Waals surface area contributed by atoms with Crippen LogP contribution in [0.2, 0.25) is 0 Å². The highest BCUT2D eigenvalue weighted by atomic mass is 16.5. The molecule has 8 nitrogen and oxygen atoms in total. The number of benzene rings is 2. The van der Waals surface area contributed by atoms with Crippen LogP contribution in [0.1, 0.15) is 82.3 Å². The number of phenolic OH excluding ortho intramolecular Hbond substituents is 1. The second-order valence-electron chi connectivity index (χ2n) is 11.9. The highest BCUT2D eigenvalue weighted by molar-refractivity contribution is 5.78. The molecule has 2 aromatic rings. The van der Waals surface area contributed by atoms with Gasteiger partial charge in [0.2, 0.25) is 5.91 Å². The molecule has 2 aliphatic heterocycles. The molecular formula is C35H50N2O6. The fraction of sp³-hybridized carbons (Fsp3) is 0.543. The Kier molecular flexibility index (Phi) is 14.0. The number of amides is 1. The maximum atomic E-state index is 12.4. The van der Waals surface area contributed by atoms with Crippen molar-refractivity contribution >= 4 is 11.9 Å². The second-order valence-corrected chi connectivity index (χ2v) is 11.9. The molecule has 3 N–H and O–H groups in total. The zero-order valence-electron chi connectivity index (χ0n) is 26.2. The molecule has 0 spiro atoms. The van der Waals surface area contributed by atoms with Gasteiger partial charge in [0.05, 0.1) is 13.7 Å². The first-order valence-electron chi connectivity index (χ1n) is 15.6. The van der Waals surface area contributed by atoms with Crippen molar-refractivity contribution in [2.75, 3.05) is 20.8 Å². The van der Waals surface area contributed by atoms with Crippen LogP contribution >= 0.6 is 0 Å². The molecule has 2 aromatic carbocycles. The highest BCUT2D eigenvalue weighted by Gasteiger charge is 2.40. The van der Waals surface area contributed by atoms with E-state index in [-0.39, 0.29) is 30.3 Å². The highest BCUT2D eigenvalue weighted by Crippen LogP contribution is 2.36. The summed E-state index contributed by atoms with van der Waals surface area (Å²) >= 11 is 0. The molecule has 1 amide bonds. The first-order valence-corrected chi connectivity index (χ1v) is 15.6. The van der Waals surface area contributed by atoms with Crippen LogP contribution < -0.4 is 10.1 Å². The maximum absolute atomic E-state index is 12.4. The Hall–Kier alpha value is -3.36. The van der Waals surface area contributed by atoms with Crippen LogP contribution in [0.3, 0.4) is 0 Å². The van der Waals surface area contributed by atoms with E-state index in [0.717, 1.165) is 43.2 Å². The first kappa shape index (κ1) is 34.1. The maximum Gasteiger partial charge on any atom is 0.316 e. The predicted octanol–water partition coefficient (Wildman–Crippen LogP) is 5.72. The number of carbonyl (C=O) groups excluding carboxylic acids is 2. The van der Waals surface area contributed by atoms with Crippen LogP contribution in [0.5, 0.6) is 11.5 Å². The van der Waals surface area contributed by atoms with Gasteiger partial charge in [0.25, 0.3) is 0 Å². The molecule has 8 heteroatoms. The molecule has 43 heavy (non-hydrogen) atoms. The van der Waals surface area contributed by atoms with Crippen molar-refractivity contribution in [1.82, 2.24) is 10.2 Å². The number of esters is 1. The number of nitrogens with zero attached hydrogens (tertiary/aromatic N) is 1. The number of methoxy groups -OCH3 is 1. The van der Waals surface area contributed by atoms with Gasteiger partial charge in [0.1, 0.15) is 12.0 Å². The number of rotatable bonds is 13. The van der Waals surface area contributed by atoms with Gasteiger partial charge >= 0.3 is 5.97 Å². The summed E-state index contributed by atoms with van der Waals surface area (Å²) < 4.78 is 10.7. The average Bonchev–Trinajstić information content (AvgIpc) is 3.19. The minimum absolute atomic E-state index is 0.00367. The van der Waals surface area contributed by atoms with Crippen molar-refractivity contribution in [3.8, 4) is 11.5 Å². The van der Waals surface area contributed by atoms with Crippen molar-refractivity contribution in [3.05, 3.63) is 71.8 Å². The molecule has 236 valence electrons. The van der Waals surface area contributed by atoms with Crippen molar-refractivity contribution in [2.24, 2.45) is 5.92 Å². The van der Waals surface area contributed by atoms with Gasteiger partial charge in [-0.2, -0.15) is 0 Å². The van der Waals surface area contributed by atoms with Crippen LogP contribution in [-0.4, -0.2) is 65.9 Å². The molecule has 0 aliphatic carbocycles. The molecule has 2 fully saturated rings. The van der Waals surface area contributed by atoms with Gasteiger partial charge in [0, 0.05) is 25.0 Å². The molecule has 2 bridgehead atoms. The summed E-state index contributed by atoms with van der Waals surface area (Å²) in [7, 11) is 3.67. The van der Waals surface area contributed by atoms with E-state index in [0.29, 0.717) is 36.7 Å². The number of phenols is 1. The van der Waals surface area contributed by atoms with Gasteiger partial charge < -0.3 is 29.9 Å². The number of allylic oxidation sites excluding steroid dienone is 2. The number of aliphatic hydroxyl groups is 1. The van der Waals surface area contributed by atoms with Gasteiger partial charge in [-0.1, -0.05) is 62.4 Å². The number of nitrogens with one attached hydrogen (secondary N) is 1. The van der Waals surface area contributed by atoms with E-state index < -0.39 is 5.92 Å². The minimum Gasteiger partial charge on any atom is -0.504 e. The lowest BCUT2D eigenvalue weighted by Crippen LogP contribution is -2.43. The van der Waals surface area contributed by atoms with Crippen molar-refractivity contribution in [3.63, 3.8) is 0 Å². The SMILES string of the molecule is CN1[C@@H]2CC[C@H]1CC(OC(=O)C(CO)c1ccccc1)C2.COc1cc(CNC(=O)CCCC/C=C/C(C)C)ccc1O. The van der Waals surface area contributed by atoms with E-state index in [1.54, 1.807) is 18.2 Å². The van der Waals surface area contributed by atoms with Crippen molar-refractivity contribution in [2.45, 2.75) is 95.9 Å². The normalized spacial score (nSPS) is 20.4. The van der Waals surface area contributed by atoms with Crippen LogP contribution in [0.4, 0.5) is 0 Å². The number of carbonyl (C=O) groups is 2. The quantitative estimate of drug-likeness (QED) is 0.155. The number of aliphatic hydroxyl groups excluding tert-OH is 1. The Morgan fingerprint density at radius 3 is 2.40 bits per heavy atom. The number of unbranched alkanes of at least 4 members (excludes halogenated alkanes) is 2. The summed E-state index contributed by atoms with van der Waals surface area (Å²) in [6.45, 7) is 4.55. The second kappa shape index (κ2) is 17.7. The number of aromatic hydroxyl groups is 1. The lowest BCUT2D eigenvalue weighted by molar-refractivity contribution is -0.155. The number of hydrogen-bond donors (Lipinski definition) is 3. The number of hydrogen-bond acceptors (Lipinski definition) is 7. The van der Waals surface area contributed by atoms with Gasteiger partial charge in [0.15, 0.2) is 11.5 Å². The van der Waals surface area contributed by atoms with E-state index >= 15 is 0 Å². The molecule has 2 unspecified atom stereocenters. The van der Waals surface area contributed by atoms with Gasteiger partial charge in [-0.25, -0.2) is 0 Å². The average molecular weight is 595 g/mol. The van der Waals surface area contributed by atoms with Crippen molar-refractivity contribution < 1.29 is 29.3 Å². The topological polar surface area (TPSA) is 108 Å². The monoisotopic (exact) mass is 594 g/mol. The molecule has 4 atom stereocenters. The summed E-state index contributed by atoms with van der Waals surface area (Å²) in [5.74, 6) is 0.308. The molecule has 0 radical (unpaired) electrons. The summed E-state index contributed by atoms with van der Waals surface area (Å²) in [5.41, 5.74) is 1.73. The summed E-state index contributed by atoms with van der Waals surface area (Å²) in [6, 6.07) is 15.5. The van der Waals surface area contributed by atoms with Crippen molar-refractivity contribution in [1.29, 1.82) is 0 Å². The number of fused-ring (bicyclic) bond motifs is 2. The van der Waals surface area contributed by atoms with E-state index in [1.807, 2.05) is 30.3 Å². The van der Waals surface area contributed by atoms with Crippen LogP contribution in [-0.2, 0) is 20.9 Å². The number of ether oxygens (including phenoxy) is 2. The van der Waals surface area contributed by atoms with Gasteiger partial charge in [-0.15, -0.1) is 0 Å². The summed E-state index contributed by atoms with van der Waals surface area (Å²) in [5, 5.41) is 21.9. The van der Waals surface area contributed by atoms with E-state index in [1.165, 1.54) is 20.0 Å².